The Morgan fingerprint density at radius 1 is 1.29 bits per heavy atom. The number of nitrogen functional groups attached to an aromatic ring is 1. The molecule has 0 aliphatic carbocycles. The van der Waals surface area contributed by atoms with Gasteiger partial charge in [0, 0.05) is 11.3 Å². The van der Waals surface area contributed by atoms with Gasteiger partial charge in [0.15, 0.2) is 0 Å². The summed E-state index contributed by atoms with van der Waals surface area (Å²) in [4.78, 5) is 0.285. The Bertz CT molecular complexity index is 710. The topological polar surface area (TPSA) is 52.3 Å². The number of anilines is 1. The van der Waals surface area contributed by atoms with Gasteiger partial charge in [-0.25, -0.2) is 8.78 Å². The molecule has 3 nitrogen and oxygen atoms in total. The van der Waals surface area contributed by atoms with E-state index in [4.69, 9.17) is 10.5 Å². The zero-order chi connectivity index (χ0) is 15.6. The van der Waals surface area contributed by atoms with Crippen molar-refractivity contribution < 1.29 is 17.7 Å². The predicted octanol–water partition coefficient (Wildman–Crippen LogP) is 3.63. The summed E-state index contributed by atoms with van der Waals surface area (Å²) in [7, 11) is -0.228. The van der Waals surface area contributed by atoms with Crippen LogP contribution in [0, 0.1) is 11.6 Å². The zero-order valence-corrected chi connectivity index (χ0v) is 13.4. The quantitative estimate of drug-likeness (QED) is 0.655. The highest BCUT2D eigenvalue weighted by Crippen LogP contribution is 2.27. The molecule has 2 N–H and O–H groups in total. The number of halogens is 3. The summed E-state index contributed by atoms with van der Waals surface area (Å²) in [6.07, 6.45) is 0. The normalized spacial score (nSPS) is 12.2. The summed E-state index contributed by atoms with van der Waals surface area (Å²) in [5.74, 6) is -1.34. The monoisotopic (exact) mass is 375 g/mol. The summed E-state index contributed by atoms with van der Waals surface area (Å²) < 4.78 is 45.1. The fourth-order valence-corrected chi connectivity index (χ4v) is 3.38. The van der Waals surface area contributed by atoms with Gasteiger partial charge in [-0.3, -0.25) is 4.21 Å². The Kier molecular flexibility index (Phi) is 4.95. The molecule has 0 saturated heterocycles. The first-order valence-electron chi connectivity index (χ1n) is 5.88. The van der Waals surface area contributed by atoms with E-state index in [1.54, 1.807) is 12.1 Å². The van der Waals surface area contributed by atoms with E-state index in [9.17, 15) is 13.0 Å². The smallest absolute Gasteiger partial charge is 0.144 e. The van der Waals surface area contributed by atoms with Crippen molar-refractivity contribution in [3.05, 3.63) is 52.0 Å². The van der Waals surface area contributed by atoms with Crippen molar-refractivity contribution in [3.8, 4) is 5.75 Å². The van der Waals surface area contributed by atoms with Crippen LogP contribution in [0.5, 0.6) is 5.75 Å². The molecule has 0 amide bonds. The zero-order valence-electron chi connectivity index (χ0n) is 11.0. The van der Waals surface area contributed by atoms with Gasteiger partial charge in [0.25, 0.3) is 0 Å². The summed E-state index contributed by atoms with van der Waals surface area (Å²) >= 11 is 2.98. The molecule has 0 heterocycles. The number of benzene rings is 2. The van der Waals surface area contributed by atoms with Crippen LogP contribution >= 0.6 is 15.9 Å². The first-order chi connectivity index (χ1) is 9.93. The lowest BCUT2D eigenvalue weighted by molar-refractivity contribution is 0.413. The predicted molar refractivity (Wildman–Crippen MR) is 81.6 cm³/mol. The van der Waals surface area contributed by atoms with Gasteiger partial charge >= 0.3 is 0 Å². The van der Waals surface area contributed by atoms with Crippen molar-refractivity contribution in [3.63, 3.8) is 0 Å². The Hall–Kier alpha value is -1.47. The van der Waals surface area contributed by atoms with Crippen LogP contribution in [0.25, 0.3) is 0 Å². The Morgan fingerprint density at radius 3 is 2.67 bits per heavy atom. The molecule has 0 radical (unpaired) electrons. The van der Waals surface area contributed by atoms with E-state index in [2.05, 4.69) is 15.9 Å². The number of hydrogen-bond donors (Lipinski definition) is 1. The highest BCUT2D eigenvalue weighted by atomic mass is 79.9. The van der Waals surface area contributed by atoms with Crippen molar-refractivity contribution in [2.45, 2.75) is 10.6 Å². The fourth-order valence-electron chi connectivity index (χ4n) is 1.75. The second-order valence-electron chi connectivity index (χ2n) is 4.22. The van der Waals surface area contributed by atoms with Crippen LogP contribution in [0.1, 0.15) is 5.56 Å². The molecule has 21 heavy (non-hydrogen) atoms. The van der Waals surface area contributed by atoms with Crippen LogP contribution in [0.15, 0.2) is 39.7 Å². The minimum absolute atomic E-state index is 0.120. The second kappa shape index (κ2) is 6.53. The molecule has 0 aromatic heterocycles. The minimum atomic E-state index is -1.69. The van der Waals surface area contributed by atoms with Gasteiger partial charge in [-0.1, -0.05) is 0 Å². The number of methoxy groups -OCH3 is 1. The largest absolute Gasteiger partial charge is 0.497 e. The van der Waals surface area contributed by atoms with Crippen LogP contribution in [0.2, 0.25) is 0 Å². The average Bonchev–Trinajstić information content (AvgIpc) is 2.48. The van der Waals surface area contributed by atoms with E-state index in [1.165, 1.54) is 19.2 Å². The lowest BCUT2D eigenvalue weighted by atomic mass is 10.2. The van der Waals surface area contributed by atoms with Gasteiger partial charge in [0.2, 0.25) is 0 Å². The second-order valence-corrected chi connectivity index (χ2v) is 6.49. The Morgan fingerprint density at radius 2 is 2.00 bits per heavy atom. The molecule has 0 aliphatic heterocycles. The molecule has 0 spiro atoms. The van der Waals surface area contributed by atoms with Gasteiger partial charge in [-0.05, 0) is 46.3 Å². The molecule has 0 aliphatic rings. The van der Waals surface area contributed by atoms with Crippen molar-refractivity contribution in [1.82, 2.24) is 0 Å². The molecular formula is C14H12BrF2NO2S. The van der Waals surface area contributed by atoms with E-state index in [-0.39, 0.29) is 26.4 Å². The third kappa shape index (κ3) is 3.41. The number of hydrogen-bond acceptors (Lipinski definition) is 3. The van der Waals surface area contributed by atoms with Gasteiger partial charge in [0.05, 0.1) is 33.0 Å². The summed E-state index contributed by atoms with van der Waals surface area (Å²) in [5, 5.41) is 0. The molecule has 1 unspecified atom stereocenters. The maximum absolute atomic E-state index is 13.9. The van der Waals surface area contributed by atoms with Gasteiger partial charge in [-0.2, -0.15) is 0 Å². The highest BCUT2D eigenvalue weighted by Gasteiger charge is 2.18. The molecule has 7 heteroatoms. The lowest BCUT2D eigenvalue weighted by Gasteiger charge is -2.10. The first kappa shape index (κ1) is 15.9. The van der Waals surface area contributed by atoms with Gasteiger partial charge < -0.3 is 10.5 Å². The lowest BCUT2D eigenvalue weighted by Crippen LogP contribution is -2.05. The van der Waals surface area contributed by atoms with E-state index >= 15 is 0 Å². The molecule has 2 aromatic carbocycles. The SMILES string of the molecule is COc1ccc(N)c(S(=O)Cc2c(F)ccc(Br)c2F)c1. The molecule has 2 aromatic rings. The van der Waals surface area contributed by atoms with E-state index < -0.39 is 22.4 Å². The maximum Gasteiger partial charge on any atom is 0.144 e. The molecule has 0 saturated carbocycles. The third-order valence-electron chi connectivity index (χ3n) is 2.88. The van der Waals surface area contributed by atoms with Crippen molar-refractivity contribution >= 4 is 32.4 Å². The summed E-state index contributed by atoms with van der Waals surface area (Å²) in [6, 6.07) is 7.04. The first-order valence-corrected chi connectivity index (χ1v) is 7.99. The van der Waals surface area contributed by atoms with Crippen LogP contribution in [-0.2, 0) is 16.6 Å². The molecule has 1 atom stereocenters. The fraction of sp³-hybridized carbons (Fsp3) is 0.143. The third-order valence-corrected chi connectivity index (χ3v) is 4.89. The minimum Gasteiger partial charge on any atom is -0.497 e. The van der Waals surface area contributed by atoms with Crippen LogP contribution in [-0.4, -0.2) is 11.3 Å². The van der Waals surface area contributed by atoms with Crippen molar-refractivity contribution in [1.29, 1.82) is 0 Å². The molecule has 112 valence electrons. The molecular weight excluding hydrogens is 364 g/mol. The van der Waals surface area contributed by atoms with Crippen LogP contribution in [0.4, 0.5) is 14.5 Å². The van der Waals surface area contributed by atoms with E-state index in [0.29, 0.717) is 5.75 Å². The Labute approximate surface area is 131 Å². The van der Waals surface area contributed by atoms with Crippen molar-refractivity contribution in [2.24, 2.45) is 0 Å². The summed E-state index contributed by atoms with van der Waals surface area (Å²) in [5.41, 5.74) is 5.80. The summed E-state index contributed by atoms with van der Waals surface area (Å²) in [6.45, 7) is 0. The van der Waals surface area contributed by atoms with E-state index in [1.807, 2.05) is 0 Å². The molecule has 0 bridgehead atoms. The maximum atomic E-state index is 13.9. The van der Waals surface area contributed by atoms with E-state index in [0.717, 1.165) is 6.07 Å². The standard InChI is InChI=1S/C14H12BrF2NO2S/c1-20-8-2-5-12(18)13(6-8)21(19)7-9-11(16)4-3-10(15)14(9)17/h2-6H,7,18H2,1H3. The van der Waals surface area contributed by atoms with Gasteiger partial charge in [0.1, 0.15) is 17.4 Å². The molecule has 0 fully saturated rings. The van der Waals surface area contributed by atoms with Gasteiger partial charge in [-0.15, -0.1) is 0 Å². The molecule has 2 rings (SSSR count). The number of rotatable bonds is 4. The Balaban J connectivity index is 2.37. The van der Waals surface area contributed by atoms with Crippen molar-refractivity contribution in [2.75, 3.05) is 12.8 Å². The number of ether oxygens (including phenoxy) is 1. The average molecular weight is 376 g/mol. The van der Waals surface area contributed by atoms with Crippen LogP contribution < -0.4 is 10.5 Å². The highest BCUT2D eigenvalue weighted by molar-refractivity contribution is 9.10. The number of nitrogens with two attached hydrogens (primary N) is 1. The van der Waals surface area contributed by atoms with Crippen LogP contribution in [0.3, 0.4) is 0 Å².